The van der Waals surface area contributed by atoms with E-state index in [1.807, 2.05) is 6.07 Å². The molecule has 21 heavy (non-hydrogen) atoms. The molecule has 7 heteroatoms. The zero-order valence-corrected chi connectivity index (χ0v) is 10.8. The quantitative estimate of drug-likeness (QED) is 0.797. The Morgan fingerprint density at radius 1 is 1.19 bits per heavy atom. The number of ketones is 1. The molecule has 106 valence electrons. The number of halogens is 3. The second-order valence-electron chi connectivity index (χ2n) is 4.23. The van der Waals surface area contributed by atoms with E-state index >= 15 is 0 Å². The van der Waals surface area contributed by atoms with Gasteiger partial charge in [-0.3, -0.25) is 4.79 Å². The molecule has 0 saturated heterocycles. The van der Waals surface area contributed by atoms with Crippen LogP contribution in [0.3, 0.4) is 0 Å². The van der Waals surface area contributed by atoms with Crippen molar-refractivity contribution >= 4 is 5.78 Å². The number of hydrogen-bond donors (Lipinski definition) is 0. The lowest BCUT2D eigenvalue weighted by Gasteiger charge is -2.11. The van der Waals surface area contributed by atoms with Gasteiger partial charge in [0.15, 0.2) is 5.78 Å². The van der Waals surface area contributed by atoms with E-state index in [-0.39, 0.29) is 5.69 Å². The normalized spacial score (nSPS) is 11.0. The molecule has 0 amide bonds. The summed E-state index contributed by atoms with van der Waals surface area (Å²) in [4.78, 5) is 11.2. The standard InChI is InChI=1S/C14H8F3N3O/c1-8(21)13-11(14(15,16)17)6-12(19-20-13)10-4-2-9(7-18)3-5-10/h2-6H,1H3. The Balaban J connectivity index is 2.56. The van der Waals surface area contributed by atoms with Gasteiger partial charge < -0.3 is 0 Å². The Labute approximate surface area is 117 Å². The van der Waals surface area contributed by atoms with Crippen molar-refractivity contribution in [1.82, 2.24) is 10.2 Å². The van der Waals surface area contributed by atoms with Crippen molar-refractivity contribution in [1.29, 1.82) is 5.26 Å². The van der Waals surface area contributed by atoms with Crippen LogP contribution in [0.15, 0.2) is 30.3 Å². The lowest BCUT2D eigenvalue weighted by molar-refractivity contribution is -0.138. The molecule has 1 aromatic heterocycles. The van der Waals surface area contributed by atoms with Crippen molar-refractivity contribution in [2.24, 2.45) is 0 Å². The van der Waals surface area contributed by atoms with E-state index in [2.05, 4.69) is 10.2 Å². The predicted octanol–water partition coefficient (Wildman–Crippen LogP) is 3.24. The number of hydrogen-bond acceptors (Lipinski definition) is 4. The van der Waals surface area contributed by atoms with Crippen LogP contribution in [-0.4, -0.2) is 16.0 Å². The molecule has 0 atom stereocenters. The van der Waals surface area contributed by atoms with Gasteiger partial charge in [0.05, 0.1) is 22.9 Å². The zero-order valence-electron chi connectivity index (χ0n) is 10.8. The van der Waals surface area contributed by atoms with Gasteiger partial charge in [-0.05, 0) is 18.2 Å². The van der Waals surface area contributed by atoms with Crippen LogP contribution in [0, 0.1) is 11.3 Å². The summed E-state index contributed by atoms with van der Waals surface area (Å²) < 4.78 is 38.9. The van der Waals surface area contributed by atoms with E-state index < -0.39 is 23.2 Å². The van der Waals surface area contributed by atoms with Crippen molar-refractivity contribution in [2.75, 3.05) is 0 Å². The third-order valence-corrected chi connectivity index (χ3v) is 2.74. The number of benzene rings is 1. The minimum absolute atomic E-state index is 0.0168. The summed E-state index contributed by atoms with van der Waals surface area (Å²) >= 11 is 0. The molecule has 0 N–H and O–H groups in total. The summed E-state index contributed by atoms with van der Waals surface area (Å²) in [6.07, 6.45) is -4.70. The first-order valence-electron chi connectivity index (χ1n) is 5.79. The van der Waals surface area contributed by atoms with E-state index in [1.54, 1.807) is 0 Å². The fourth-order valence-corrected chi connectivity index (χ4v) is 1.72. The van der Waals surface area contributed by atoms with Crippen LogP contribution in [0.4, 0.5) is 13.2 Å². The van der Waals surface area contributed by atoms with E-state index in [1.165, 1.54) is 24.3 Å². The van der Waals surface area contributed by atoms with Crippen LogP contribution in [0.1, 0.15) is 28.5 Å². The summed E-state index contributed by atoms with van der Waals surface area (Å²) in [6, 6.07) is 8.55. The van der Waals surface area contributed by atoms with Gasteiger partial charge in [-0.2, -0.15) is 18.4 Å². The topological polar surface area (TPSA) is 66.6 Å². The van der Waals surface area contributed by atoms with Gasteiger partial charge in [-0.1, -0.05) is 12.1 Å². The highest BCUT2D eigenvalue weighted by atomic mass is 19.4. The lowest BCUT2D eigenvalue weighted by atomic mass is 10.1. The number of carbonyl (C=O) groups is 1. The van der Waals surface area contributed by atoms with Crippen molar-refractivity contribution < 1.29 is 18.0 Å². The van der Waals surface area contributed by atoms with Crippen molar-refractivity contribution in [3.8, 4) is 17.3 Å². The summed E-state index contributed by atoms with van der Waals surface area (Å²) in [6.45, 7) is 1.00. The Kier molecular flexibility index (Phi) is 3.72. The minimum Gasteiger partial charge on any atom is -0.293 e. The molecule has 1 heterocycles. The van der Waals surface area contributed by atoms with Gasteiger partial charge >= 0.3 is 6.18 Å². The van der Waals surface area contributed by atoms with Crippen molar-refractivity contribution in [3.63, 3.8) is 0 Å². The van der Waals surface area contributed by atoms with E-state index in [0.717, 1.165) is 13.0 Å². The highest BCUT2D eigenvalue weighted by molar-refractivity contribution is 5.93. The third-order valence-electron chi connectivity index (χ3n) is 2.74. The molecule has 0 aliphatic carbocycles. The van der Waals surface area contributed by atoms with Crippen LogP contribution in [0.2, 0.25) is 0 Å². The fraction of sp³-hybridized carbons (Fsp3) is 0.143. The first-order valence-corrected chi connectivity index (χ1v) is 5.79. The third kappa shape index (κ3) is 3.05. The molecule has 4 nitrogen and oxygen atoms in total. The smallest absolute Gasteiger partial charge is 0.293 e. The van der Waals surface area contributed by atoms with E-state index in [9.17, 15) is 18.0 Å². The first-order chi connectivity index (χ1) is 9.82. The molecular weight excluding hydrogens is 283 g/mol. The summed E-state index contributed by atoms with van der Waals surface area (Å²) in [5.74, 6) is -0.804. The average molecular weight is 291 g/mol. The molecule has 0 aliphatic rings. The molecule has 2 rings (SSSR count). The summed E-state index contributed by atoms with van der Waals surface area (Å²) in [5.41, 5.74) is -1.09. The number of aromatic nitrogens is 2. The van der Waals surface area contributed by atoms with Gasteiger partial charge in [-0.25, -0.2) is 0 Å². The van der Waals surface area contributed by atoms with Gasteiger partial charge in [0.2, 0.25) is 0 Å². The Hall–Kier alpha value is -2.75. The van der Waals surface area contributed by atoms with Gasteiger partial charge in [0, 0.05) is 12.5 Å². The number of carbonyl (C=O) groups excluding carboxylic acids is 1. The van der Waals surface area contributed by atoms with Crippen LogP contribution >= 0.6 is 0 Å². The molecule has 0 fully saturated rings. The van der Waals surface area contributed by atoms with Gasteiger partial charge in [-0.15, -0.1) is 10.2 Å². The molecule has 0 radical (unpaired) electrons. The molecule has 0 bridgehead atoms. The maximum absolute atomic E-state index is 13.0. The molecule has 0 spiro atoms. The number of nitrogens with zero attached hydrogens (tertiary/aromatic N) is 3. The molecule has 1 aromatic carbocycles. The highest BCUT2D eigenvalue weighted by Crippen LogP contribution is 2.33. The maximum atomic E-state index is 13.0. The van der Waals surface area contributed by atoms with Crippen molar-refractivity contribution in [3.05, 3.63) is 47.2 Å². The number of rotatable bonds is 2. The Bertz CT molecular complexity index is 731. The van der Waals surface area contributed by atoms with Crippen LogP contribution < -0.4 is 0 Å². The largest absolute Gasteiger partial charge is 0.418 e. The molecule has 0 unspecified atom stereocenters. The molecular formula is C14H8F3N3O. The zero-order chi connectivity index (χ0) is 15.6. The fourth-order valence-electron chi connectivity index (χ4n) is 1.72. The molecule has 0 saturated carbocycles. The van der Waals surface area contributed by atoms with Crippen LogP contribution in [0.5, 0.6) is 0 Å². The minimum atomic E-state index is -4.70. The number of alkyl halides is 3. The summed E-state index contributed by atoms with van der Waals surface area (Å²) in [5, 5.41) is 15.7. The van der Waals surface area contributed by atoms with Crippen LogP contribution in [0.25, 0.3) is 11.3 Å². The van der Waals surface area contributed by atoms with E-state index in [4.69, 9.17) is 5.26 Å². The van der Waals surface area contributed by atoms with Crippen molar-refractivity contribution in [2.45, 2.75) is 13.1 Å². The monoisotopic (exact) mass is 291 g/mol. The SMILES string of the molecule is CC(=O)c1nnc(-c2ccc(C#N)cc2)cc1C(F)(F)F. The van der Waals surface area contributed by atoms with E-state index in [0.29, 0.717) is 11.1 Å². The molecule has 0 aliphatic heterocycles. The molecule has 2 aromatic rings. The van der Waals surface area contributed by atoms with Gasteiger partial charge in [0.25, 0.3) is 0 Å². The maximum Gasteiger partial charge on any atom is 0.418 e. The second kappa shape index (κ2) is 5.32. The average Bonchev–Trinajstić information content (AvgIpc) is 2.45. The second-order valence-corrected chi connectivity index (χ2v) is 4.23. The van der Waals surface area contributed by atoms with Crippen LogP contribution in [-0.2, 0) is 6.18 Å². The Morgan fingerprint density at radius 3 is 2.29 bits per heavy atom. The number of Topliss-reactive ketones (excluding diaryl/α,β-unsaturated/α-hetero) is 1. The van der Waals surface area contributed by atoms with Gasteiger partial charge in [0.1, 0.15) is 5.69 Å². The first kappa shape index (κ1) is 14.7. The summed E-state index contributed by atoms with van der Waals surface area (Å²) in [7, 11) is 0. The predicted molar refractivity (Wildman–Crippen MR) is 67.2 cm³/mol. The Morgan fingerprint density at radius 2 is 1.81 bits per heavy atom. The number of nitriles is 1. The lowest BCUT2D eigenvalue weighted by Crippen LogP contribution is -2.15. The highest BCUT2D eigenvalue weighted by Gasteiger charge is 2.36.